The number of amides is 1. The number of benzene rings is 1. The van der Waals surface area contributed by atoms with Gasteiger partial charge in [-0.3, -0.25) is 14.8 Å². The minimum absolute atomic E-state index is 0. The molecule has 4 rings (SSSR count). The fourth-order valence-electron chi connectivity index (χ4n) is 4.13. The van der Waals surface area contributed by atoms with Crippen molar-refractivity contribution in [3.8, 4) is 0 Å². The third-order valence-electron chi connectivity index (χ3n) is 5.66. The Morgan fingerprint density at radius 3 is 2.78 bits per heavy atom. The standard InChI is InChI=1S/C20H20F3N5O2S.CH4/c1-30-12-4-10-9-31-19(24)28-20(10,6-12)13-5-11(2-3-14(13)21)27-18(29)16-8-25-15(7-26-16)17(22)23;/h2-3,5,7-8,10,12,17H,4,6,9H2,1H3,(H2,24,28)(H,27,29);1H4/t10-,12-,20-;/m0./s1. The zero-order valence-corrected chi connectivity index (χ0v) is 17.3. The lowest BCUT2D eigenvalue weighted by molar-refractivity contribution is 0.101. The van der Waals surface area contributed by atoms with Crippen molar-refractivity contribution in [3.63, 3.8) is 0 Å². The molecule has 1 saturated carbocycles. The molecule has 1 aromatic heterocycles. The van der Waals surface area contributed by atoms with E-state index < -0.39 is 29.4 Å². The molecule has 1 aliphatic heterocycles. The lowest BCUT2D eigenvalue weighted by atomic mass is 9.81. The minimum atomic E-state index is -2.78. The normalized spacial score (nSPS) is 24.5. The number of aliphatic imine (C=N–C) groups is 1. The zero-order chi connectivity index (χ0) is 22.2. The highest BCUT2D eigenvalue weighted by molar-refractivity contribution is 8.13. The number of fused-ring (bicyclic) bond motifs is 1. The number of nitrogens with zero attached hydrogens (tertiary/aromatic N) is 3. The Balaban J connectivity index is 0.00000289. The first-order valence-corrected chi connectivity index (χ1v) is 10.5. The quantitative estimate of drug-likeness (QED) is 0.686. The lowest BCUT2D eigenvalue weighted by Gasteiger charge is -2.36. The molecular formula is C21H24F3N5O2S. The highest BCUT2D eigenvalue weighted by Crippen LogP contribution is 2.52. The predicted molar refractivity (Wildman–Crippen MR) is 117 cm³/mol. The van der Waals surface area contributed by atoms with Crippen LogP contribution >= 0.6 is 11.8 Å². The molecule has 1 amide bonds. The number of nitrogens with one attached hydrogen (secondary N) is 1. The molecule has 0 bridgehead atoms. The second kappa shape index (κ2) is 9.45. The number of methoxy groups -OCH3 is 1. The first kappa shape index (κ1) is 24.0. The minimum Gasteiger partial charge on any atom is -0.381 e. The van der Waals surface area contributed by atoms with Crippen LogP contribution in [-0.2, 0) is 10.3 Å². The molecule has 3 atom stereocenters. The molecular weight excluding hydrogens is 443 g/mol. The largest absolute Gasteiger partial charge is 0.381 e. The number of nitrogens with two attached hydrogens (primary N) is 1. The molecule has 32 heavy (non-hydrogen) atoms. The first-order chi connectivity index (χ1) is 14.8. The number of alkyl halides is 2. The van der Waals surface area contributed by atoms with Crippen molar-refractivity contribution in [2.45, 2.75) is 38.3 Å². The van der Waals surface area contributed by atoms with E-state index >= 15 is 0 Å². The maximum atomic E-state index is 15.0. The molecule has 0 unspecified atom stereocenters. The van der Waals surface area contributed by atoms with Crippen LogP contribution in [0.2, 0.25) is 0 Å². The van der Waals surface area contributed by atoms with Gasteiger partial charge in [-0.25, -0.2) is 18.2 Å². The van der Waals surface area contributed by atoms with E-state index in [0.29, 0.717) is 28.6 Å². The number of carbonyl (C=O) groups excluding carboxylic acids is 1. The summed E-state index contributed by atoms with van der Waals surface area (Å²) in [6.45, 7) is 0. The van der Waals surface area contributed by atoms with Crippen LogP contribution in [0, 0.1) is 11.7 Å². The second-order valence-electron chi connectivity index (χ2n) is 7.46. The molecule has 1 aliphatic carbocycles. The van der Waals surface area contributed by atoms with Gasteiger partial charge in [0.1, 0.15) is 17.2 Å². The van der Waals surface area contributed by atoms with Crippen molar-refractivity contribution in [2.24, 2.45) is 16.6 Å². The van der Waals surface area contributed by atoms with E-state index in [2.05, 4.69) is 20.3 Å². The fraction of sp³-hybridized carbons (Fsp3) is 0.429. The number of ether oxygens (including phenoxy) is 1. The van der Waals surface area contributed by atoms with E-state index in [9.17, 15) is 18.0 Å². The maximum Gasteiger partial charge on any atom is 0.281 e. The van der Waals surface area contributed by atoms with Gasteiger partial charge in [-0.15, -0.1) is 0 Å². The molecule has 2 aromatic rings. The number of aromatic nitrogens is 2. The number of carbonyl (C=O) groups is 1. The SMILES string of the molecule is C.CO[C@H]1C[C@H]2CSC(N)=N[C@@]2(c2cc(NC(=O)c3cnc(C(F)F)cn3)ccc2F)C1. The van der Waals surface area contributed by atoms with E-state index in [0.717, 1.165) is 18.8 Å². The Bertz CT molecular complexity index is 1020. The number of anilines is 1. The van der Waals surface area contributed by atoms with Gasteiger partial charge in [0.25, 0.3) is 12.3 Å². The summed E-state index contributed by atoms with van der Waals surface area (Å²) in [5.41, 5.74) is 5.11. The van der Waals surface area contributed by atoms with E-state index in [1.54, 1.807) is 7.11 Å². The van der Waals surface area contributed by atoms with Gasteiger partial charge in [-0.2, -0.15) is 0 Å². The monoisotopic (exact) mass is 467 g/mol. The van der Waals surface area contributed by atoms with Gasteiger partial charge >= 0.3 is 0 Å². The molecule has 1 aromatic carbocycles. The summed E-state index contributed by atoms with van der Waals surface area (Å²) in [6, 6.07) is 4.21. The zero-order valence-electron chi connectivity index (χ0n) is 16.5. The smallest absolute Gasteiger partial charge is 0.281 e. The van der Waals surface area contributed by atoms with Crippen LogP contribution in [0.1, 0.15) is 48.4 Å². The molecule has 3 N–H and O–H groups in total. The van der Waals surface area contributed by atoms with Crippen LogP contribution in [-0.4, -0.2) is 40.0 Å². The molecule has 1 fully saturated rings. The molecule has 11 heteroatoms. The summed E-state index contributed by atoms with van der Waals surface area (Å²) in [5.74, 6) is -0.382. The summed E-state index contributed by atoms with van der Waals surface area (Å²) in [5, 5.41) is 3.00. The molecule has 0 saturated heterocycles. The van der Waals surface area contributed by atoms with Crippen LogP contribution < -0.4 is 11.1 Å². The lowest BCUT2D eigenvalue weighted by Crippen LogP contribution is -2.37. The topological polar surface area (TPSA) is 102 Å². The molecule has 0 spiro atoms. The molecule has 172 valence electrons. The van der Waals surface area contributed by atoms with Crippen molar-refractivity contribution in [2.75, 3.05) is 18.2 Å². The number of halogens is 3. The van der Waals surface area contributed by atoms with Crippen LogP contribution in [0.25, 0.3) is 0 Å². The van der Waals surface area contributed by atoms with E-state index in [1.807, 2.05) is 0 Å². The van der Waals surface area contributed by atoms with Gasteiger partial charge in [0, 0.05) is 36.5 Å². The van der Waals surface area contributed by atoms with Gasteiger partial charge in [-0.05, 0) is 24.6 Å². The second-order valence-corrected chi connectivity index (χ2v) is 8.50. The maximum absolute atomic E-state index is 15.0. The third-order valence-corrected chi connectivity index (χ3v) is 6.61. The van der Waals surface area contributed by atoms with Crippen molar-refractivity contribution in [1.29, 1.82) is 0 Å². The Hall–Kier alpha value is -2.66. The van der Waals surface area contributed by atoms with Crippen molar-refractivity contribution in [1.82, 2.24) is 9.97 Å². The van der Waals surface area contributed by atoms with Crippen molar-refractivity contribution < 1.29 is 22.7 Å². The van der Waals surface area contributed by atoms with Gasteiger partial charge in [0.15, 0.2) is 5.17 Å². The molecule has 2 heterocycles. The van der Waals surface area contributed by atoms with Crippen molar-refractivity contribution in [3.05, 3.63) is 53.4 Å². The number of hydrogen-bond donors (Lipinski definition) is 2. The Labute approximate surface area is 188 Å². The number of rotatable bonds is 5. The van der Waals surface area contributed by atoms with E-state index in [1.165, 1.54) is 30.0 Å². The average molecular weight is 468 g/mol. The summed E-state index contributed by atoms with van der Waals surface area (Å²) in [7, 11) is 1.61. The van der Waals surface area contributed by atoms with Crippen LogP contribution in [0.15, 0.2) is 35.6 Å². The Morgan fingerprint density at radius 2 is 2.12 bits per heavy atom. The Kier molecular flexibility index (Phi) is 7.09. The van der Waals surface area contributed by atoms with Crippen molar-refractivity contribution >= 4 is 28.5 Å². The third kappa shape index (κ3) is 4.44. The highest BCUT2D eigenvalue weighted by atomic mass is 32.2. The summed E-state index contributed by atoms with van der Waals surface area (Å²) in [6.07, 6.45) is 0.161. The average Bonchev–Trinajstić information content (AvgIpc) is 3.14. The number of hydrogen-bond acceptors (Lipinski definition) is 7. The fourth-order valence-corrected chi connectivity index (χ4v) is 5.15. The molecule has 2 aliphatic rings. The summed E-state index contributed by atoms with van der Waals surface area (Å²) in [4.78, 5) is 24.4. The Morgan fingerprint density at radius 1 is 1.34 bits per heavy atom. The highest BCUT2D eigenvalue weighted by Gasteiger charge is 2.52. The van der Waals surface area contributed by atoms with Gasteiger partial charge < -0.3 is 15.8 Å². The number of thioether (sulfide) groups is 1. The van der Waals surface area contributed by atoms with E-state index in [4.69, 9.17) is 10.5 Å². The summed E-state index contributed by atoms with van der Waals surface area (Å²) >= 11 is 1.43. The summed E-state index contributed by atoms with van der Waals surface area (Å²) < 4.78 is 45.7. The van der Waals surface area contributed by atoms with Gasteiger partial charge in [0.2, 0.25) is 0 Å². The first-order valence-electron chi connectivity index (χ1n) is 9.55. The molecule has 0 radical (unpaired) electrons. The molecule has 7 nitrogen and oxygen atoms in total. The van der Waals surface area contributed by atoms with E-state index in [-0.39, 0.29) is 25.1 Å². The van der Waals surface area contributed by atoms with Crippen LogP contribution in [0.4, 0.5) is 18.9 Å². The van der Waals surface area contributed by atoms with Crippen LogP contribution in [0.3, 0.4) is 0 Å². The van der Waals surface area contributed by atoms with Crippen LogP contribution in [0.5, 0.6) is 0 Å². The van der Waals surface area contributed by atoms with Gasteiger partial charge in [-0.1, -0.05) is 19.2 Å². The number of amidine groups is 1. The predicted octanol–water partition coefficient (Wildman–Crippen LogP) is 4.12. The van der Waals surface area contributed by atoms with Gasteiger partial charge in [0.05, 0.1) is 24.0 Å².